The summed E-state index contributed by atoms with van der Waals surface area (Å²) in [5, 5.41) is 12.6. The molecule has 2 aromatic heterocycles. The number of carbonyl (C=O) groups excluding carboxylic acids is 2. The van der Waals surface area contributed by atoms with Gasteiger partial charge >= 0.3 is 6.03 Å². The number of likely N-dealkylation sites (tertiary alicyclic amines) is 1. The number of hydrogen-bond acceptors (Lipinski definition) is 5. The van der Waals surface area contributed by atoms with E-state index in [4.69, 9.17) is 0 Å². The van der Waals surface area contributed by atoms with Crippen LogP contribution in [0.1, 0.15) is 40.8 Å². The minimum atomic E-state index is 0.0579. The number of fused-ring (bicyclic) bond motifs is 1. The van der Waals surface area contributed by atoms with Gasteiger partial charge in [0, 0.05) is 51.6 Å². The number of carbonyl (C=O) groups is 2. The molecule has 27 heavy (non-hydrogen) atoms. The lowest BCUT2D eigenvalue weighted by atomic mass is 9.96. The smallest absolute Gasteiger partial charge is 0.319 e. The van der Waals surface area contributed by atoms with Crippen molar-refractivity contribution in [3.05, 3.63) is 34.0 Å². The van der Waals surface area contributed by atoms with Gasteiger partial charge in [0.2, 0.25) is 0 Å². The third-order valence-electron chi connectivity index (χ3n) is 5.35. The van der Waals surface area contributed by atoms with E-state index in [1.54, 1.807) is 19.0 Å². The van der Waals surface area contributed by atoms with Gasteiger partial charge in [-0.25, -0.2) is 4.79 Å². The Labute approximate surface area is 162 Å². The summed E-state index contributed by atoms with van der Waals surface area (Å²) < 4.78 is 2.17. The summed E-state index contributed by atoms with van der Waals surface area (Å²) >= 11 is 1.53. The summed E-state index contributed by atoms with van der Waals surface area (Å²) in [6, 6.07) is 1.93. The molecule has 8 nitrogen and oxygen atoms in total. The van der Waals surface area contributed by atoms with E-state index in [1.807, 2.05) is 26.6 Å². The summed E-state index contributed by atoms with van der Waals surface area (Å²) in [6.45, 7) is 3.38. The van der Waals surface area contributed by atoms with Gasteiger partial charge in [-0.15, -0.1) is 10.2 Å². The predicted molar refractivity (Wildman–Crippen MR) is 102 cm³/mol. The molecule has 0 aromatic carbocycles. The molecular weight excluding hydrogens is 364 g/mol. The van der Waals surface area contributed by atoms with Gasteiger partial charge in [-0.1, -0.05) is 0 Å². The molecule has 0 N–H and O–H groups in total. The van der Waals surface area contributed by atoms with Gasteiger partial charge in [0.25, 0.3) is 5.91 Å². The van der Waals surface area contributed by atoms with Gasteiger partial charge in [-0.3, -0.25) is 4.79 Å². The van der Waals surface area contributed by atoms with Crippen LogP contribution in [0.2, 0.25) is 0 Å². The lowest BCUT2D eigenvalue weighted by Gasteiger charge is -2.34. The second kappa shape index (κ2) is 7.30. The van der Waals surface area contributed by atoms with E-state index in [2.05, 4.69) is 14.8 Å². The maximum atomic E-state index is 12.6. The minimum Gasteiger partial charge on any atom is -0.331 e. The zero-order valence-corrected chi connectivity index (χ0v) is 16.5. The predicted octanol–water partition coefficient (Wildman–Crippen LogP) is 1.86. The highest BCUT2D eigenvalue weighted by Gasteiger charge is 2.31. The molecule has 144 valence electrons. The zero-order valence-electron chi connectivity index (χ0n) is 15.7. The monoisotopic (exact) mass is 388 g/mol. The minimum absolute atomic E-state index is 0.0579. The van der Waals surface area contributed by atoms with E-state index in [9.17, 15) is 9.59 Å². The molecule has 2 aliphatic rings. The Kier molecular flexibility index (Phi) is 4.86. The lowest BCUT2D eigenvalue weighted by molar-refractivity contribution is 0.0706. The topological polar surface area (TPSA) is 74.6 Å². The Morgan fingerprint density at radius 2 is 1.89 bits per heavy atom. The largest absolute Gasteiger partial charge is 0.331 e. The Morgan fingerprint density at radius 1 is 1.11 bits per heavy atom. The first-order valence-corrected chi connectivity index (χ1v) is 10.2. The van der Waals surface area contributed by atoms with Gasteiger partial charge < -0.3 is 19.3 Å². The molecule has 1 fully saturated rings. The van der Waals surface area contributed by atoms with Crippen LogP contribution in [-0.4, -0.2) is 75.1 Å². The van der Waals surface area contributed by atoms with Crippen molar-refractivity contribution >= 4 is 23.3 Å². The van der Waals surface area contributed by atoms with Crippen molar-refractivity contribution in [2.24, 2.45) is 0 Å². The molecule has 9 heteroatoms. The Bertz CT molecular complexity index is 823. The number of aromatic nitrogens is 3. The van der Waals surface area contributed by atoms with Crippen LogP contribution in [0.5, 0.6) is 0 Å². The fraction of sp³-hybridized carbons (Fsp3) is 0.556. The molecule has 4 heterocycles. The average Bonchev–Trinajstić information content (AvgIpc) is 3.36. The summed E-state index contributed by atoms with van der Waals surface area (Å²) in [5.41, 5.74) is 0.742. The Balaban J connectivity index is 1.42. The lowest BCUT2D eigenvalue weighted by Crippen LogP contribution is -2.44. The van der Waals surface area contributed by atoms with E-state index >= 15 is 0 Å². The molecule has 0 radical (unpaired) electrons. The zero-order chi connectivity index (χ0) is 19.0. The molecule has 2 aliphatic heterocycles. The molecule has 3 amide bonds. The number of hydrogen-bond donors (Lipinski definition) is 0. The van der Waals surface area contributed by atoms with E-state index in [0.29, 0.717) is 19.0 Å². The normalized spacial score (nSPS) is 17.7. The van der Waals surface area contributed by atoms with E-state index in [1.165, 1.54) is 11.3 Å². The second-order valence-corrected chi connectivity index (χ2v) is 8.08. The van der Waals surface area contributed by atoms with Crippen molar-refractivity contribution < 1.29 is 9.59 Å². The van der Waals surface area contributed by atoms with E-state index in [0.717, 1.165) is 49.7 Å². The van der Waals surface area contributed by atoms with Crippen LogP contribution < -0.4 is 0 Å². The Morgan fingerprint density at radius 3 is 2.56 bits per heavy atom. The molecule has 0 spiro atoms. The summed E-state index contributed by atoms with van der Waals surface area (Å²) in [4.78, 5) is 30.0. The van der Waals surface area contributed by atoms with Crippen LogP contribution in [0.25, 0.3) is 0 Å². The van der Waals surface area contributed by atoms with Crippen molar-refractivity contribution in [3.8, 4) is 0 Å². The van der Waals surface area contributed by atoms with Crippen LogP contribution in [0.15, 0.2) is 16.8 Å². The van der Waals surface area contributed by atoms with Crippen LogP contribution in [0.4, 0.5) is 4.79 Å². The van der Waals surface area contributed by atoms with Crippen LogP contribution in [-0.2, 0) is 13.1 Å². The van der Waals surface area contributed by atoms with Crippen LogP contribution in [0.3, 0.4) is 0 Å². The maximum absolute atomic E-state index is 12.6. The van der Waals surface area contributed by atoms with Gasteiger partial charge in [-0.2, -0.15) is 11.3 Å². The molecule has 2 aromatic rings. The van der Waals surface area contributed by atoms with Gasteiger partial charge in [0.15, 0.2) is 5.82 Å². The number of thiophene rings is 1. The SMILES string of the molecule is CN(C)C(=O)N1CCC(c2nnc3n2CCN(C(=O)c2ccsc2)C3)CC1. The highest BCUT2D eigenvalue weighted by Crippen LogP contribution is 2.29. The number of urea groups is 1. The van der Waals surface area contributed by atoms with Crippen molar-refractivity contribution in [3.63, 3.8) is 0 Å². The average molecular weight is 388 g/mol. The maximum Gasteiger partial charge on any atom is 0.319 e. The third kappa shape index (κ3) is 3.43. The summed E-state index contributed by atoms with van der Waals surface area (Å²) in [6.07, 6.45) is 1.80. The number of piperidine rings is 1. The molecule has 0 aliphatic carbocycles. The van der Waals surface area contributed by atoms with E-state index < -0.39 is 0 Å². The van der Waals surface area contributed by atoms with Crippen molar-refractivity contribution in [1.29, 1.82) is 0 Å². The third-order valence-corrected chi connectivity index (χ3v) is 6.03. The molecule has 0 saturated carbocycles. The number of rotatable bonds is 2. The fourth-order valence-electron chi connectivity index (χ4n) is 3.84. The quantitative estimate of drug-likeness (QED) is 0.787. The molecule has 4 rings (SSSR count). The van der Waals surface area contributed by atoms with Crippen molar-refractivity contribution in [2.75, 3.05) is 33.7 Å². The molecule has 1 saturated heterocycles. The molecular formula is C18H24N6O2S. The summed E-state index contributed by atoms with van der Waals surface area (Å²) in [7, 11) is 3.57. The first-order valence-electron chi connectivity index (χ1n) is 9.24. The van der Waals surface area contributed by atoms with Crippen molar-refractivity contribution in [1.82, 2.24) is 29.5 Å². The standard InChI is InChI=1S/C18H24N6O2S/c1-21(2)18(26)22-6-3-13(4-7-22)16-20-19-15-11-23(8-9-24(15)16)17(25)14-5-10-27-12-14/h5,10,12-13H,3-4,6-9,11H2,1-2H3. The second-order valence-electron chi connectivity index (χ2n) is 7.30. The Hall–Kier alpha value is -2.42. The number of amides is 3. The summed E-state index contributed by atoms with van der Waals surface area (Å²) in [5.74, 6) is 2.23. The molecule has 0 unspecified atom stereocenters. The number of nitrogens with zero attached hydrogens (tertiary/aromatic N) is 6. The first-order chi connectivity index (χ1) is 13.0. The fourth-order valence-corrected chi connectivity index (χ4v) is 4.47. The van der Waals surface area contributed by atoms with Gasteiger partial charge in [-0.05, 0) is 24.3 Å². The molecule has 0 bridgehead atoms. The first kappa shape index (κ1) is 18.0. The highest BCUT2D eigenvalue weighted by molar-refractivity contribution is 7.08. The van der Waals surface area contributed by atoms with Crippen molar-refractivity contribution in [2.45, 2.75) is 31.8 Å². The highest BCUT2D eigenvalue weighted by atomic mass is 32.1. The van der Waals surface area contributed by atoms with Gasteiger partial charge in [0.1, 0.15) is 5.82 Å². The van der Waals surface area contributed by atoms with Crippen LogP contribution in [0, 0.1) is 0 Å². The van der Waals surface area contributed by atoms with Gasteiger partial charge in [0.05, 0.1) is 12.1 Å². The van der Waals surface area contributed by atoms with E-state index in [-0.39, 0.29) is 11.9 Å². The van der Waals surface area contributed by atoms with Crippen LogP contribution >= 0.6 is 11.3 Å². The molecule has 0 atom stereocenters.